The largest absolute Gasteiger partial charge is 0.351 e. The van der Waals surface area contributed by atoms with Crippen molar-refractivity contribution in [2.75, 3.05) is 20.1 Å². The molecule has 1 amide bonds. The van der Waals surface area contributed by atoms with Crippen molar-refractivity contribution in [1.82, 2.24) is 10.2 Å². The monoisotopic (exact) mass is 308 g/mol. The van der Waals surface area contributed by atoms with Crippen LogP contribution in [0.5, 0.6) is 0 Å². The van der Waals surface area contributed by atoms with Crippen LogP contribution in [0.25, 0.3) is 6.08 Å². The number of carbonyl (C=O) groups excluding carboxylic acids is 1. The summed E-state index contributed by atoms with van der Waals surface area (Å²) in [7, 11) is 2.06. The second kappa shape index (κ2) is 8.91. The first kappa shape index (κ1) is 17.0. The average molecular weight is 308 g/mol. The van der Waals surface area contributed by atoms with Crippen LogP contribution in [-0.2, 0) is 11.3 Å². The molecule has 2 aromatic carbocycles. The highest BCUT2D eigenvalue weighted by molar-refractivity contribution is 5.91. The van der Waals surface area contributed by atoms with E-state index in [4.69, 9.17) is 0 Å². The predicted octanol–water partition coefficient (Wildman–Crippen LogP) is 3.26. The van der Waals surface area contributed by atoms with E-state index in [9.17, 15) is 4.79 Å². The molecule has 1 N–H and O–H groups in total. The summed E-state index contributed by atoms with van der Waals surface area (Å²) < 4.78 is 0. The van der Waals surface area contributed by atoms with Crippen LogP contribution in [0.1, 0.15) is 16.7 Å². The van der Waals surface area contributed by atoms with Gasteiger partial charge in [0.15, 0.2) is 0 Å². The number of nitrogens with one attached hydrogen (secondary N) is 1. The molecule has 0 fully saturated rings. The lowest BCUT2D eigenvalue weighted by Gasteiger charge is -2.16. The molecule has 0 atom stereocenters. The van der Waals surface area contributed by atoms with E-state index in [1.54, 1.807) is 6.08 Å². The van der Waals surface area contributed by atoms with E-state index >= 15 is 0 Å². The third-order valence-electron chi connectivity index (χ3n) is 3.59. The average Bonchev–Trinajstić information content (AvgIpc) is 2.55. The number of hydrogen-bond acceptors (Lipinski definition) is 2. The van der Waals surface area contributed by atoms with Crippen molar-refractivity contribution in [2.24, 2.45) is 0 Å². The Balaban J connectivity index is 1.69. The molecule has 0 aromatic heterocycles. The Bertz CT molecular complexity index is 632. The standard InChI is InChI=1S/C20H24N2O/c1-17-8-10-18(11-9-17)12-13-20(23)21-14-15-22(2)16-19-6-4-3-5-7-19/h3-13H,14-16H2,1-2H3,(H,21,23)/b13-12+. The molecule has 23 heavy (non-hydrogen) atoms. The maximum atomic E-state index is 11.8. The third kappa shape index (κ3) is 6.49. The van der Waals surface area contributed by atoms with Crippen LogP contribution in [-0.4, -0.2) is 30.9 Å². The second-order valence-electron chi connectivity index (χ2n) is 5.76. The lowest BCUT2D eigenvalue weighted by Crippen LogP contribution is -2.31. The number of carbonyl (C=O) groups is 1. The zero-order valence-electron chi connectivity index (χ0n) is 13.8. The minimum absolute atomic E-state index is 0.0568. The van der Waals surface area contributed by atoms with Crippen LogP contribution in [0.3, 0.4) is 0 Å². The van der Waals surface area contributed by atoms with Gasteiger partial charge in [0.25, 0.3) is 0 Å². The van der Waals surface area contributed by atoms with E-state index in [-0.39, 0.29) is 5.91 Å². The Labute approximate surface area is 138 Å². The summed E-state index contributed by atoms with van der Waals surface area (Å²) in [6.45, 7) is 4.39. The number of hydrogen-bond donors (Lipinski definition) is 1. The number of nitrogens with zero attached hydrogens (tertiary/aromatic N) is 1. The molecule has 2 rings (SSSR count). The number of aryl methyl sites for hydroxylation is 1. The SMILES string of the molecule is Cc1ccc(/C=C/C(=O)NCCN(C)Cc2ccccc2)cc1. The van der Waals surface area contributed by atoms with Crippen LogP contribution in [0.2, 0.25) is 0 Å². The Morgan fingerprint density at radius 1 is 1.09 bits per heavy atom. The van der Waals surface area contributed by atoms with Gasteiger partial charge in [0, 0.05) is 25.7 Å². The number of likely N-dealkylation sites (N-methyl/N-ethyl adjacent to an activating group) is 1. The normalized spacial score (nSPS) is 11.1. The fourth-order valence-electron chi connectivity index (χ4n) is 2.25. The summed E-state index contributed by atoms with van der Waals surface area (Å²) in [5.41, 5.74) is 3.53. The van der Waals surface area contributed by atoms with Crippen LogP contribution < -0.4 is 5.32 Å². The van der Waals surface area contributed by atoms with Crippen LogP contribution in [0.4, 0.5) is 0 Å². The summed E-state index contributed by atoms with van der Waals surface area (Å²) in [6, 6.07) is 18.4. The molecule has 3 nitrogen and oxygen atoms in total. The van der Waals surface area contributed by atoms with E-state index in [0.717, 1.165) is 18.7 Å². The Kier molecular flexibility index (Phi) is 6.57. The highest BCUT2D eigenvalue weighted by Gasteiger charge is 2.01. The van der Waals surface area contributed by atoms with Gasteiger partial charge in [-0.05, 0) is 31.2 Å². The Morgan fingerprint density at radius 3 is 2.48 bits per heavy atom. The van der Waals surface area contributed by atoms with E-state index in [0.29, 0.717) is 6.54 Å². The first-order valence-electron chi connectivity index (χ1n) is 7.88. The van der Waals surface area contributed by atoms with Gasteiger partial charge in [-0.1, -0.05) is 60.2 Å². The smallest absolute Gasteiger partial charge is 0.244 e. The molecule has 0 aliphatic rings. The van der Waals surface area contributed by atoms with Gasteiger partial charge in [0.05, 0.1) is 0 Å². The lowest BCUT2D eigenvalue weighted by atomic mass is 10.1. The van der Waals surface area contributed by atoms with Crippen molar-refractivity contribution in [2.45, 2.75) is 13.5 Å². The van der Waals surface area contributed by atoms with Gasteiger partial charge in [0.1, 0.15) is 0 Å². The van der Waals surface area contributed by atoms with E-state index in [1.165, 1.54) is 11.1 Å². The quantitative estimate of drug-likeness (QED) is 0.796. The van der Waals surface area contributed by atoms with Gasteiger partial charge in [-0.15, -0.1) is 0 Å². The zero-order valence-corrected chi connectivity index (χ0v) is 13.8. The summed E-state index contributed by atoms with van der Waals surface area (Å²) >= 11 is 0. The molecule has 120 valence electrons. The van der Waals surface area contributed by atoms with Gasteiger partial charge < -0.3 is 10.2 Å². The molecule has 0 saturated heterocycles. The minimum atomic E-state index is -0.0568. The lowest BCUT2D eigenvalue weighted by molar-refractivity contribution is -0.116. The maximum Gasteiger partial charge on any atom is 0.244 e. The molecule has 0 heterocycles. The maximum absolute atomic E-state index is 11.8. The number of rotatable bonds is 7. The van der Waals surface area contributed by atoms with E-state index < -0.39 is 0 Å². The van der Waals surface area contributed by atoms with Gasteiger partial charge in [-0.25, -0.2) is 0 Å². The second-order valence-corrected chi connectivity index (χ2v) is 5.76. The highest BCUT2D eigenvalue weighted by atomic mass is 16.1. The zero-order chi connectivity index (χ0) is 16.5. The van der Waals surface area contributed by atoms with Crippen molar-refractivity contribution in [3.8, 4) is 0 Å². The molecule has 0 unspecified atom stereocenters. The summed E-state index contributed by atoms with van der Waals surface area (Å²) in [4.78, 5) is 14.0. The van der Waals surface area contributed by atoms with Gasteiger partial charge in [-0.2, -0.15) is 0 Å². The van der Waals surface area contributed by atoms with E-state index in [1.807, 2.05) is 55.5 Å². The van der Waals surface area contributed by atoms with Gasteiger partial charge in [-0.3, -0.25) is 4.79 Å². The van der Waals surface area contributed by atoms with Crippen LogP contribution in [0, 0.1) is 6.92 Å². The summed E-state index contributed by atoms with van der Waals surface area (Å²) in [6.07, 6.45) is 3.42. The number of benzene rings is 2. The van der Waals surface area contributed by atoms with Gasteiger partial charge >= 0.3 is 0 Å². The fourth-order valence-corrected chi connectivity index (χ4v) is 2.25. The topological polar surface area (TPSA) is 32.3 Å². The van der Waals surface area contributed by atoms with Crippen LogP contribution >= 0.6 is 0 Å². The Hall–Kier alpha value is -2.39. The molecule has 0 spiro atoms. The predicted molar refractivity (Wildman–Crippen MR) is 96.0 cm³/mol. The number of amides is 1. The molecule has 0 saturated carbocycles. The molecular formula is C20H24N2O. The van der Waals surface area contributed by atoms with E-state index in [2.05, 4.69) is 29.4 Å². The first-order valence-corrected chi connectivity index (χ1v) is 7.88. The molecule has 0 radical (unpaired) electrons. The molecule has 3 heteroatoms. The molecule has 0 aliphatic carbocycles. The summed E-state index contributed by atoms with van der Waals surface area (Å²) in [5, 5.41) is 2.91. The molecule has 0 bridgehead atoms. The minimum Gasteiger partial charge on any atom is -0.351 e. The van der Waals surface area contributed by atoms with Gasteiger partial charge in [0.2, 0.25) is 5.91 Å². The van der Waals surface area contributed by atoms with Crippen molar-refractivity contribution in [3.05, 3.63) is 77.4 Å². The summed E-state index contributed by atoms with van der Waals surface area (Å²) in [5.74, 6) is -0.0568. The fraction of sp³-hybridized carbons (Fsp3) is 0.250. The molecule has 2 aromatic rings. The Morgan fingerprint density at radius 2 is 1.78 bits per heavy atom. The molecular weight excluding hydrogens is 284 g/mol. The van der Waals surface area contributed by atoms with Crippen LogP contribution in [0.15, 0.2) is 60.7 Å². The third-order valence-corrected chi connectivity index (χ3v) is 3.59. The van der Waals surface area contributed by atoms with Crippen molar-refractivity contribution in [1.29, 1.82) is 0 Å². The highest BCUT2D eigenvalue weighted by Crippen LogP contribution is 2.04. The van der Waals surface area contributed by atoms with Crippen molar-refractivity contribution < 1.29 is 4.79 Å². The van der Waals surface area contributed by atoms with Crippen molar-refractivity contribution >= 4 is 12.0 Å². The molecule has 0 aliphatic heterocycles. The first-order chi connectivity index (χ1) is 11.1. The van der Waals surface area contributed by atoms with Crippen molar-refractivity contribution in [3.63, 3.8) is 0 Å².